The van der Waals surface area contributed by atoms with Crippen LogP contribution in [0.2, 0.25) is 0 Å². The predicted molar refractivity (Wildman–Crippen MR) is 87.7 cm³/mol. The van der Waals surface area contributed by atoms with Gasteiger partial charge in [-0.05, 0) is 12.6 Å². The van der Waals surface area contributed by atoms with E-state index in [0.717, 1.165) is 31.7 Å². The Bertz CT molecular complexity index is 870. The summed E-state index contributed by atoms with van der Waals surface area (Å²) in [6.45, 7) is 5.14. The van der Waals surface area contributed by atoms with E-state index in [1.807, 2.05) is 0 Å². The molecule has 4 heterocycles. The van der Waals surface area contributed by atoms with Crippen LogP contribution in [0.15, 0.2) is 24.7 Å². The van der Waals surface area contributed by atoms with Gasteiger partial charge in [-0.15, -0.1) is 11.3 Å². The predicted octanol–water partition coefficient (Wildman–Crippen LogP) is 1.82. The second-order valence-electron chi connectivity index (χ2n) is 5.41. The largest absolute Gasteiger partial charge is 0.298 e. The van der Waals surface area contributed by atoms with Crippen LogP contribution in [-0.4, -0.2) is 43.5 Å². The van der Waals surface area contributed by atoms with E-state index >= 15 is 0 Å². The Balaban J connectivity index is 1.57. The molecule has 23 heavy (non-hydrogen) atoms. The summed E-state index contributed by atoms with van der Waals surface area (Å²) in [4.78, 5) is 24.9. The molecule has 1 amide bonds. The number of anilines is 1. The Labute approximate surface area is 137 Å². The maximum Gasteiger partial charge on any atom is 0.262 e. The molecule has 0 bridgehead atoms. The van der Waals surface area contributed by atoms with Gasteiger partial charge in [-0.25, -0.2) is 14.5 Å². The molecule has 0 fully saturated rings. The highest BCUT2D eigenvalue weighted by atomic mass is 32.1. The lowest BCUT2D eigenvalue weighted by Gasteiger charge is -2.23. The van der Waals surface area contributed by atoms with Gasteiger partial charge in [0, 0.05) is 36.8 Å². The van der Waals surface area contributed by atoms with Crippen molar-refractivity contribution in [3.63, 3.8) is 0 Å². The van der Waals surface area contributed by atoms with Gasteiger partial charge in [0.1, 0.15) is 5.56 Å². The molecule has 0 atom stereocenters. The lowest BCUT2D eigenvalue weighted by atomic mass is 10.2. The molecule has 118 valence electrons. The van der Waals surface area contributed by atoms with Gasteiger partial charge in [-0.1, -0.05) is 6.92 Å². The number of likely N-dealkylation sites (N-methyl/N-ethyl adjacent to an activating group) is 1. The van der Waals surface area contributed by atoms with Crippen molar-refractivity contribution >= 4 is 28.0 Å². The molecule has 0 unspecified atom stereocenters. The highest BCUT2D eigenvalue weighted by Gasteiger charge is 2.21. The van der Waals surface area contributed by atoms with Crippen molar-refractivity contribution in [2.45, 2.75) is 19.9 Å². The zero-order chi connectivity index (χ0) is 15.8. The summed E-state index contributed by atoms with van der Waals surface area (Å²) in [5.41, 5.74) is 2.10. The number of thiazole rings is 1. The molecule has 0 radical (unpaired) electrons. The molecule has 7 nitrogen and oxygen atoms in total. The number of carbonyl (C=O) groups is 1. The highest BCUT2D eigenvalue weighted by molar-refractivity contribution is 7.15. The van der Waals surface area contributed by atoms with Crippen LogP contribution in [0.4, 0.5) is 5.13 Å². The summed E-state index contributed by atoms with van der Waals surface area (Å²) >= 11 is 1.55. The molecular weight excluding hydrogens is 312 g/mol. The summed E-state index contributed by atoms with van der Waals surface area (Å²) in [5.74, 6) is -0.225. The summed E-state index contributed by atoms with van der Waals surface area (Å²) in [5, 5.41) is 7.67. The van der Waals surface area contributed by atoms with Crippen molar-refractivity contribution in [2.75, 3.05) is 18.4 Å². The molecule has 3 aromatic rings. The molecular formula is C15H16N6OS. The Morgan fingerprint density at radius 2 is 2.39 bits per heavy atom. The van der Waals surface area contributed by atoms with Crippen LogP contribution in [0.1, 0.15) is 27.9 Å². The van der Waals surface area contributed by atoms with Gasteiger partial charge in [0.2, 0.25) is 0 Å². The van der Waals surface area contributed by atoms with E-state index in [4.69, 9.17) is 0 Å². The van der Waals surface area contributed by atoms with E-state index in [9.17, 15) is 4.79 Å². The maximum atomic E-state index is 12.5. The lowest BCUT2D eigenvalue weighted by molar-refractivity contribution is 0.102. The zero-order valence-corrected chi connectivity index (χ0v) is 13.5. The standard InChI is InChI=1S/C15H16N6OS/c1-2-20-7-4-11-12(9-20)23-15(18-11)19-14(22)10-8-17-21-6-3-5-16-13(10)21/h3,5-6,8H,2,4,7,9H2,1H3,(H,18,19,22). The van der Waals surface area contributed by atoms with Gasteiger partial charge in [0.15, 0.2) is 10.8 Å². The first-order valence-corrected chi connectivity index (χ1v) is 8.37. The van der Waals surface area contributed by atoms with Crippen LogP contribution in [0.5, 0.6) is 0 Å². The third-order valence-electron chi connectivity index (χ3n) is 4.00. The average molecular weight is 328 g/mol. The summed E-state index contributed by atoms with van der Waals surface area (Å²) in [6.07, 6.45) is 5.88. The molecule has 1 N–H and O–H groups in total. The molecule has 8 heteroatoms. The molecule has 0 saturated heterocycles. The van der Waals surface area contributed by atoms with Crippen molar-refractivity contribution in [2.24, 2.45) is 0 Å². The quantitative estimate of drug-likeness (QED) is 0.794. The molecule has 0 aliphatic carbocycles. The Morgan fingerprint density at radius 1 is 1.48 bits per heavy atom. The zero-order valence-electron chi connectivity index (χ0n) is 12.7. The van der Waals surface area contributed by atoms with Crippen LogP contribution in [0.25, 0.3) is 5.65 Å². The smallest absolute Gasteiger partial charge is 0.262 e. The monoisotopic (exact) mass is 328 g/mol. The molecule has 1 aliphatic rings. The molecule has 0 aromatic carbocycles. The van der Waals surface area contributed by atoms with Gasteiger partial charge >= 0.3 is 0 Å². The fraction of sp³-hybridized carbons (Fsp3) is 0.333. The van der Waals surface area contributed by atoms with E-state index in [2.05, 4.69) is 32.2 Å². The van der Waals surface area contributed by atoms with Crippen molar-refractivity contribution in [3.05, 3.63) is 40.8 Å². The normalized spacial score (nSPS) is 14.8. The summed E-state index contributed by atoms with van der Waals surface area (Å²) in [6, 6.07) is 1.77. The third-order valence-corrected chi connectivity index (χ3v) is 5.00. The number of fused-ring (bicyclic) bond motifs is 2. The number of aromatic nitrogens is 4. The van der Waals surface area contributed by atoms with Crippen LogP contribution in [0, 0.1) is 0 Å². The van der Waals surface area contributed by atoms with E-state index in [1.54, 1.807) is 34.3 Å². The van der Waals surface area contributed by atoms with E-state index in [0.29, 0.717) is 16.3 Å². The number of hydrogen-bond donors (Lipinski definition) is 1. The Kier molecular flexibility index (Phi) is 3.55. The van der Waals surface area contributed by atoms with Gasteiger partial charge < -0.3 is 0 Å². The first-order chi connectivity index (χ1) is 11.2. The summed E-state index contributed by atoms with van der Waals surface area (Å²) in [7, 11) is 0. The molecule has 0 spiro atoms. The minimum atomic E-state index is -0.225. The summed E-state index contributed by atoms with van der Waals surface area (Å²) < 4.78 is 1.58. The molecule has 1 aliphatic heterocycles. The molecule has 0 saturated carbocycles. The minimum Gasteiger partial charge on any atom is -0.298 e. The first-order valence-electron chi connectivity index (χ1n) is 7.55. The number of nitrogens with zero attached hydrogens (tertiary/aromatic N) is 5. The maximum absolute atomic E-state index is 12.5. The Morgan fingerprint density at radius 3 is 3.26 bits per heavy atom. The number of amides is 1. The third kappa shape index (κ3) is 2.60. The topological polar surface area (TPSA) is 75.4 Å². The van der Waals surface area contributed by atoms with Crippen LogP contribution in [-0.2, 0) is 13.0 Å². The van der Waals surface area contributed by atoms with Crippen molar-refractivity contribution in [1.82, 2.24) is 24.5 Å². The first kappa shape index (κ1) is 14.3. The van der Waals surface area contributed by atoms with Gasteiger partial charge in [0.05, 0.1) is 11.9 Å². The molecule has 3 aromatic heterocycles. The van der Waals surface area contributed by atoms with E-state index in [-0.39, 0.29) is 5.91 Å². The van der Waals surface area contributed by atoms with E-state index in [1.165, 1.54) is 11.1 Å². The second kappa shape index (κ2) is 5.71. The molecule has 4 rings (SSSR count). The Hall–Kier alpha value is -2.32. The highest BCUT2D eigenvalue weighted by Crippen LogP contribution is 2.28. The number of rotatable bonds is 3. The van der Waals surface area contributed by atoms with Crippen LogP contribution in [0.3, 0.4) is 0 Å². The number of carbonyl (C=O) groups excluding carboxylic acids is 1. The lowest BCUT2D eigenvalue weighted by Crippen LogP contribution is -2.29. The van der Waals surface area contributed by atoms with Gasteiger partial charge in [-0.2, -0.15) is 5.10 Å². The van der Waals surface area contributed by atoms with E-state index < -0.39 is 0 Å². The van der Waals surface area contributed by atoms with Crippen molar-refractivity contribution in [1.29, 1.82) is 0 Å². The SMILES string of the molecule is CCN1CCc2nc(NC(=O)c3cnn4cccnc34)sc2C1. The number of hydrogen-bond acceptors (Lipinski definition) is 6. The fourth-order valence-electron chi connectivity index (χ4n) is 2.72. The van der Waals surface area contributed by atoms with Crippen LogP contribution < -0.4 is 5.32 Å². The fourth-order valence-corrected chi connectivity index (χ4v) is 3.77. The average Bonchev–Trinajstić information content (AvgIpc) is 3.17. The van der Waals surface area contributed by atoms with Crippen molar-refractivity contribution < 1.29 is 4.79 Å². The van der Waals surface area contributed by atoms with Crippen molar-refractivity contribution in [3.8, 4) is 0 Å². The minimum absolute atomic E-state index is 0.225. The second-order valence-corrected chi connectivity index (χ2v) is 6.49. The van der Waals surface area contributed by atoms with Gasteiger partial charge in [-0.3, -0.25) is 15.0 Å². The van der Waals surface area contributed by atoms with Gasteiger partial charge in [0.25, 0.3) is 5.91 Å². The number of nitrogens with one attached hydrogen (secondary N) is 1. The van der Waals surface area contributed by atoms with Crippen LogP contribution >= 0.6 is 11.3 Å².